The Balaban J connectivity index is 1.90. The van der Waals surface area contributed by atoms with E-state index in [1.54, 1.807) is 18.6 Å². The maximum atomic E-state index is 6.06. The van der Waals surface area contributed by atoms with E-state index in [0.717, 1.165) is 12.3 Å². The first-order valence-corrected chi connectivity index (χ1v) is 7.75. The molecule has 0 radical (unpaired) electrons. The molecule has 2 aliphatic rings. The van der Waals surface area contributed by atoms with Crippen LogP contribution in [0, 0.1) is 11.8 Å². The van der Waals surface area contributed by atoms with E-state index in [0.29, 0.717) is 12.0 Å². The van der Waals surface area contributed by atoms with E-state index in [1.807, 2.05) is 0 Å². The van der Waals surface area contributed by atoms with Crippen molar-refractivity contribution in [1.29, 1.82) is 0 Å². The van der Waals surface area contributed by atoms with Crippen LogP contribution in [0.3, 0.4) is 0 Å². The Morgan fingerprint density at radius 1 is 1.47 bits per heavy atom. The van der Waals surface area contributed by atoms with Crippen molar-refractivity contribution in [2.75, 3.05) is 0 Å². The number of rotatable bonds is 4. The van der Waals surface area contributed by atoms with Gasteiger partial charge in [0, 0.05) is 6.21 Å². The molecule has 4 heteroatoms. The molecule has 2 rings (SSSR count). The first kappa shape index (κ1) is 13.0. The second-order valence-electron chi connectivity index (χ2n) is 5.05. The fourth-order valence-electron chi connectivity index (χ4n) is 2.63. The summed E-state index contributed by atoms with van der Waals surface area (Å²) < 4.78 is 15.7. The standard InChI is InChI=1S/C13H22NO2P/c1-3-5-12-7-6-11(2)10-13(12)16-17-14-8-4-9-15-17/h4,8-9,11-13H,3,5-7,10H2,1-2H3. The van der Waals surface area contributed by atoms with Crippen molar-refractivity contribution in [2.24, 2.45) is 16.6 Å². The second-order valence-corrected chi connectivity index (χ2v) is 6.18. The molecule has 3 nitrogen and oxygen atoms in total. The van der Waals surface area contributed by atoms with Gasteiger partial charge in [-0.3, -0.25) is 0 Å². The van der Waals surface area contributed by atoms with E-state index in [1.165, 1.54) is 25.7 Å². The Labute approximate surface area is 105 Å². The number of allylic oxidation sites excluding steroid dienone is 1. The normalized spacial score (nSPS) is 36.8. The third-order valence-electron chi connectivity index (χ3n) is 3.55. The quantitative estimate of drug-likeness (QED) is 0.695. The lowest BCUT2D eigenvalue weighted by atomic mass is 9.79. The van der Waals surface area contributed by atoms with Gasteiger partial charge in [0.15, 0.2) is 0 Å². The molecular weight excluding hydrogens is 233 g/mol. The van der Waals surface area contributed by atoms with Gasteiger partial charge in [0.25, 0.3) is 0 Å². The van der Waals surface area contributed by atoms with E-state index in [9.17, 15) is 0 Å². The van der Waals surface area contributed by atoms with E-state index in [-0.39, 0.29) is 0 Å². The van der Waals surface area contributed by atoms with Gasteiger partial charge in [0.2, 0.25) is 0 Å². The molecule has 0 N–H and O–H groups in total. The van der Waals surface area contributed by atoms with Gasteiger partial charge in [0.1, 0.15) is 0 Å². The molecular formula is C13H22NO2P. The minimum absolute atomic E-state index is 0.341. The SMILES string of the molecule is CCCC1CCC(C)CC1OP1N=CC=CO1. The molecule has 1 aliphatic carbocycles. The highest BCUT2D eigenvalue weighted by Gasteiger charge is 2.31. The molecule has 1 heterocycles. The van der Waals surface area contributed by atoms with Gasteiger partial charge < -0.3 is 9.05 Å². The first-order chi connectivity index (χ1) is 8.29. The van der Waals surface area contributed by atoms with E-state index in [2.05, 4.69) is 18.6 Å². The Kier molecular flexibility index (Phi) is 4.99. The minimum Gasteiger partial charge on any atom is -0.438 e. The summed E-state index contributed by atoms with van der Waals surface area (Å²) in [5, 5.41) is 0. The largest absolute Gasteiger partial charge is 0.438 e. The molecule has 0 aromatic carbocycles. The average Bonchev–Trinajstić information content (AvgIpc) is 2.34. The lowest BCUT2D eigenvalue weighted by Gasteiger charge is -2.35. The first-order valence-electron chi connectivity index (χ1n) is 6.62. The molecule has 96 valence electrons. The van der Waals surface area contributed by atoms with E-state index in [4.69, 9.17) is 9.05 Å². The van der Waals surface area contributed by atoms with Crippen LogP contribution >= 0.6 is 8.53 Å². The van der Waals surface area contributed by atoms with E-state index >= 15 is 0 Å². The highest BCUT2D eigenvalue weighted by molar-refractivity contribution is 7.46. The van der Waals surface area contributed by atoms with E-state index < -0.39 is 8.53 Å². The maximum Gasteiger partial charge on any atom is 0.372 e. The van der Waals surface area contributed by atoms with Crippen molar-refractivity contribution in [3.8, 4) is 0 Å². The molecule has 1 fully saturated rings. The van der Waals surface area contributed by atoms with Crippen LogP contribution in [0.4, 0.5) is 0 Å². The van der Waals surface area contributed by atoms with Gasteiger partial charge >= 0.3 is 8.53 Å². The summed E-state index contributed by atoms with van der Waals surface area (Å²) >= 11 is 0. The molecule has 4 unspecified atom stereocenters. The van der Waals surface area contributed by atoms with Gasteiger partial charge in [-0.15, -0.1) is 0 Å². The molecule has 0 saturated heterocycles. The molecule has 0 amide bonds. The second kappa shape index (κ2) is 6.51. The summed E-state index contributed by atoms with van der Waals surface area (Å²) in [5.41, 5.74) is 0. The predicted octanol–water partition coefficient (Wildman–Crippen LogP) is 4.45. The van der Waals surface area contributed by atoms with Gasteiger partial charge in [-0.2, -0.15) is 0 Å². The van der Waals surface area contributed by atoms with Gasteiger partial charge in [-0.25, -0.2) is 4.76 Å². The van der Waals surface area contributed by atoms with Gasteiger partial charge in [-0.1, -0.05) is 26.7 Å². The van der Waals surface area contributed by atoms with Crippen LogP contribution in [-0.4, -0.2) is 12.3 Å². The van der Waals surface area contributed by atoms with Crippen LogP contribution in [0.5, 0.6) is 0 Å². The number of hydrogen-bond donors (Lipinski definition) is 0. The fourth-order valence-corrected chi connectivity index (χ4v) is 3.64. The molecule has 0 aromatic rings. The zero-order valence-electron chi connectivity index (χ0n) is 10.7. The van der Waals surface area contributed by atoms with Gasteiger partial charge in [-0.05, 0) is 37.2 Å². The summed E-state index contributed by atoms with van der Waals surface area (Å²) in [7, 11) is -1.07. The third kappa shape index (κ3) is 3.79. The Morgan fingerprint density at radius 3 is 3.06 bits per heavy atom. The van der Waals surface area contributed by atoms with Crippen molar-refractivity contribution in [2.45, 2.75) is 52.1 Å². The van der Waals surface area contributed by atoms with Crippen LogP contribution in [0.1, 0.15) is 46.0 Å². The number of nitrogens with zero attached hydrogens (tertiary/aromatic N) is 1. The minimum atomic E-state index is -1.07. The summed E-state index contributed by atoms with van der Waals surface area (Å²) in [4.78, 5) is 0. The average molecular weight is 255 g/mol. The fraction of sp³-hybridized carbons (Fsp3) is 0.769. The van der Waals surface area contributed by atoms with Crippen LogP contribution in [-0.2, 0) is 9.05 Å². The van der Waals surface area contributed by atoms with Crippen LogP contribution in [0.2, 0.25) is 0 Å². The maximum absolute atomic E-state index is 6.06. The molecule has 1 aliphatic heterocycles. The predicted molar refractivity (Wildman–Crippen MR) is 71.9 cm³/mol. The Morgan fingerprint density at radius 2 is 2.35 bits per heavy atom. The lowest BCUT2D eigenvalue weighted by molar-refractivity contribution is 0.0656. The van der Waals surface area contributed by atoms with Crippen molar-refractivity contribution in [3.05, 3.63) is 12.3 Å². The monoisotopic (exact) mass is 255 g/mol. The molecule has 17 heavy (non-hydrogen) atoms. The smallest absolute Gasteiger partial charge is 0.372 e. The third-order valence-corrected chi connectivity index (χ3v) is 4.63. The molecule has 0 aromatic heterocycles. The van der Waals surface area contributed by atoms with Crippen molar-refractivity contribution < 1.29 is 9.05 Å². The molecule has 0 spiro atoms. The van der Waals surface area contributed by atoms with Crippen molar-refractivity contribution in [1.82, 2.24) is 0 Å². The van der Waals surface area contributed by atoms with Crippen molar-refractivity contribution >= 4 is 14.7 Å². The summed E-state index contributed by atoms with van der Waals surface area (Å²) in [5.74, 6) is 1.47. The van der Waals surface area contributed by atoms with Crippen LogP contribution in [0.15, 0.2) is 17.1 Å². The summed E-state index contributed by atoms with van der Waals surface area (Å²) in [6.45, 7) is 4.56. The molecule has 4 atom stereocenters. The number of hydrogen-bond acceptors (Lipinski definition) is 3. The Hall–Kier alpha value is -0.400. The molecule has 1 saturated carbocycles. The topological polar surface area (TPSA) is 30.8 Å². The van der Waals surface area contributed by atoms with Crippen LogP contribution < -0.4 is 0 Å². The van der Waals surface area contributed by atoms with Crippen molar-refractivity contribution in [3.63, 3.8) is 0 Å². The summed E-state index contributed by atoms with van der Waals surface area (Å²) in [6.07, 6.45) is 11.9. The van der Waals surface area contributed by atoms with Gasteiger partial charge in [0.05, 0.1) is 12.4 Å². The zero-order chi connectivity index (χ0) is 12.1. The highest BCUT2D eigenvalue weighted by Crippen LogP contribution is 2.47. The lowest BCUT2D eigenvalue weighted by Crippen LogP contribution is -2.30. The molecule has 0 bridgehead atoms. The Bertz CT molecular complexity index is 293. The summed E-state index contributed by atoms with van der Waals surface area (Å²) in [6, 6.07) is 0. The van der Waals surface area contributed by atoms with Crippen LogP contribution in [0.25, 0.3) is 0 Å². The highest BCUT2D eigenvalue weighted by atomic mass is 31.2. The zero-order valence-corrected chi connectivity index (χ0v) is 11.6.